The highest BCUT2D eigenvalue weighted by molar-refractivity contribution is 6.02. The first-order chi connectivity index (χ1) is 11.0. The average molecular weight is 313 g/mol. The zero-order valence-electron chi connectivity index (χ0n) is 13.2. The molecule has 0 aromatic heterocycles. The predicted octanol–water partition coefficient (Wildman–Crippen LogP) is 1.62. The number of imide groups is 1. The van der Waals surface area contributed by atoms with Crippen molar-refractivity contribution in [3.05, 3.63) is 29.3 Å². The summed E-state index contributed by atoms with van der Waals surface area (Å²) in [5, 5.41) is 16.0. The standard InChI is InChI=1S/C16H19N5O2/c1-3-20(8-4-7-17)14-6-5-13(12(2)9-14)10-18-21-11-15(22)19-16(21)23/h5-6,9-10H,3-4,8,11H2,1-2H3,(H,19,22,23)/b18-10-. The molecule has 1 saturated heterocycles. The fourth-order valence-electron chi connectivity index (χ4n) is 2.31. The number of anilines is 1. The van der Waals surface area contributed by atoms with Crippen LogP contribution in [-0.4, -0.2) is 42.8 Å². The lowest BCUT2D eigenvalue weighted by Crippen LogP contribution is -2.24. The van der Waals surface area contributed by atoms with Gasteiger partial charge in [0.2, 0.25) is 5.91 Å². The van der Waals surface area contributed by atoms with Crippen LogP contribution in [0.5, 0.6) is 0 Å². The smallest absolute Gasteiger partial charge is 0.344 e. The zero-order chi connectivity index (χ0) is 16.8. The third-order valence-corrected chi connectivity index (χ3v) is 3.60. The van der Waals surface area contributed by atoms with Crippen LogP contribution in [0.3, 0.4) is 0 Å². The monoisotopic (exact) mass is 313 g/mol. The van der Waals surface area contributed by atoms with Crippen molar-refractivity contribution in [2.75, 3.05) is 24.5 Å². The lowest BCUT2D eigenvalue weighted by molar-refractivity contribution is -0.118. The maximum Gasteiger partial charge on any atom is 0.344 e. The summed E-state index contributed by atoms with van der Waals surface area (Å²) in [4.78, 5) is 24.7. The SMILES string of the molecule is CCN(CCC#N)c1ccc(/C=N\N2CC(=O)NC2=O)c(C)c1. The average Bonchev–Trinajstić information content (AvgIpc) is 2.85. The topological polar surface area (TPSA) is 88.8 Å². The number of hydrogen-bond acceptors (Lipinski definition) is 5. The van der Waals surface area contributed by atoms with Crippen molar-refractivity contribution in [1.29, 1.82) is 5.26 Å². The van der Waals surface area contributed by atoms with Crippen LogP contribution in [0.1, 0.15) is 24.5 Å². The zero-order valence-corrected chi connectivity index (χ0v) is 13.2. The van der Waals surface area contributed by atoms with Gasteiger partial charge in [-0.1, -0.05) is 6.07 Å². The van der Waals surface area contributed by atoms with Gasteiger partial charge < -0.3 is 4.90 Å². The second kappa shape index (κ2) is 7.40. The number of carbonyl (C=O) groups is 2. The quantitative estimate of drug-likeness (QED) is 0.638. The molecule has 7 heteroatoms. The van der Waals surface area contributed by atoms with Crippen molar-refractivity contribution in [2.45, 2.75) is 20.3 Å². The van der Waals surface area contributed by atoms with Gasteiger partial charge in [-0.3, -0.25) is 10.1 Å². The minimum Gasteiger partial charge on any atom is -0.371 e. The summed E-state index contributed by atoms with van der Waals surface area (Å²) in [6.07, 6.45) is 2.05. The summed E-state index contributed by atoms with van der Waals surface area (Å²) >= 11 is 0. The van der Waals surface area contributed by atoms with E-state index in [1.165, 1.54) is 0 Å². The highest BCUT2D eigenvalue weighted by Crippen LogP contribution is 2.19. The van der Waals surface area contributed by atoms with E-state index in [0.29, 0.717) is 13.0 Å². The van der Waals surface area contributed by atoms with Crippen LogP contribution in [-0.2, 0) is 4.79 Å². The van der Waals surface area contributed by atoms with Gasteiger partial charge in [0.25, 0.3) is 0 Å². The molecule has 1 heterocycles. The van der Waals surface area contributed by atoms with E-state index in [0.717, 1.165) is 28.4 Å². The summed E-state index contributed by atoms with van der Waals surface area (Å²) in [6, 6.07) is 7.55. The summed E-state index contributed by atoms with van der Waals surface area (Å²) < 4.78 is 0. The van der Waals surface area contributed by atoms with Crippen molar-refractivity contribution in [3.8, 4) is 6.07 Å². The number of aryl methyl sites for hydroxylation is 1. The lowest BCUT2D eigenvalue weighted by Gasteiger charge is -2.22. The van der Waals surface area contributed by atoms with Crippen molar-refractivity contribution in [3.63, 3.8) is 0 Å². The van der Waals surface area contributed by atoms with Gasteiger partial charge in [0.1, 0.15) is 6.54 Å². The third-order valence-electron chi connectivity index (χ3n) is 3.60. The predicted molar refractivity (Wildman–Crippen MR) is 87.1 cm³/mol. The first-order valence-corrected chi connectivity index (χ1v) is 7.43. The molecule has 1 N–H and O–H groups in total. The number of urea groups is 1. The lowest BCUT2D eigenvalue weighted by atomic mass is 10.1. The van der Waals surface area contributed by atoms with E-state index in [1.807, 2.05) is 32.0 Å². The van der Waals surface area contributed by atoms with E-state index in [2.05, 4.69) is 21.4 Å². The highest BCUT2D eigenvalue weighted by atomic mass is 16.2. The molecule has 23 heavy (non-hydrogen) atoms. The number of benzene rings is 1. The highest BCUT2D eigenvalue weighted by Gasteiger charge is 2.25. The van der Waals surface area contributed by atoms with Crippen LogP contribution in [0.25, 0.3) is 0 Å². The van der Waals surface area contributed by atoms with Crippen LogP contribution in [0, 0.1) is 18.3 Å². The first-order valence-electron chi connectivity index (χ1n) is 7.43. The van der Waals surface area contributed by atoms with E-state index in [-0.39, 0.29) is 12.5 Å². The van der Waals surface area contributed by atoms with E-state index in [1.54, 1.807) is 6.21 Å². The van der Waals surface area contributed by atoms with Gasteiger partial charge in [-0.2, -0.15) is 10.4 Å². The van der Waals surface area contributed by atoms with Gasteiger partial charge in [0.15, 0.2) is 0 Å². The van der Waals surface area contributed by atoms with Gasteiger partial charge in [0, 0.05) is 18.8 Å². The molecule has 1 aliphatic rings. The third kappa shape index (κ3) is 4.07. The second-order valence-corrected chi connectivity index (χ2v) is 5.18. The number of nitriles is 1. The molecule has 0 radical (unpaired) electrons. The Morgan fingerprint density at radius 3 is 2.83 bits per heavy atom. The van der Waals surface area contributed by atoms with Crippen LogP contribution in [0.15, 0.2) is 23.3 Å². The molecule has 0 unspecified atom stereocenters. The number of rotatable bonds is 6. The Bertz CT molecular complexity index is 678. The van der Waals surface area contributed by atoms with Crippen molar-refractivity contribution in [1.82, 2.24) is 10.3 Å². The molecule has 7 nitrogen and oxygen atoms in total. The molecule has 1 fully saturated rings. The number of carbonyl (C=O) groups excluding carboxylic acids is 2. The van der Waals surface area contributed by atoms with Crippen molar-refractivity contribution >= 4 is 23.8 Å². The molecule has 1 aromatic carbocycles. The van der Waals surface area contributed by atoms with Gasteiger partial charge in [0.05, 0.1) is 18.7 Å². The maximum atomic E-state index is 11.4. The number of nitrogens with one attached hydrogen (secondary N) is 1. The maximum absolute atomic E-state index is 11.4. The second-order valence-electron chi connectivity index (χ2n) is 5.18. The summed E-state index contributed by atoms with van der Waals surface area (Å²) in [5.74, 6) is -0.352. The van der Waals surface area contributed by atoms with E-state index >= 15 is 0 Å². The Morgan fingerprint density at radius 2 is 2.26 bits per heavy atom. The van der Waals surface area contributed by atoms with Crippen LogP contribution in [0.2, 0.25) is 0 Å². The number of hydrazone groups is 1. The molecule has 0 aliphatic carbocycles. The van der Waals surface area contributed by atoms with Gasteiger partial charge in [-0.15, -0.1) is 0 Å². The molecule has 0 bridgehead atoms. The Morgan fingerprint density at radius 1 is 1.48 bits per heavy atom. The molecular weight excluding hydrogens is 294 g/mol. The van der Waals surface area contributed by atoms with Gasteiger partial charge in [-0.05, 0) is 37.1 Å². The molecule has 0 spiro atoms. The molecule has 120 valence electrons. The fraction of sp³-hybridized carbons (Fsp3) is 0.375. The minimum atomic E-state index is -0.505. The van der Waals surface area contributed by atoms with E-state index < -0.39 is 6.03 Å². The van der Waals surface area contributed by atoms with E-state index in [4.69, 9.17) is 5.26 Å². The van der Waals surface area contributed by atoms with E-state index in [9.17, 15) is 9.59 Å². The molecular formula is C16H19N5O2. The molecule has 0 atom stereocenters. The normalized spacial score (nSPS) is 14.2. The molecule has 2 rings (SSSR count). The first kappa shape index (κ1) is 16.5. The Kier molecular flexibility index (Phi) is 5.31. The van der Waals surface area contributed by atoms with Crippen LogP contribution >= 0.6 is 0 Å². The van der Waals surface area contributed by atoms with Gasteiger partial charge in [-0.25, -0.2) is 9.80 Å². The Labute approximate surface area is 135 Å². The number of hydrogen-bond donors (Lipinski definition) is 1. The number of amides is 3. The Balaban J connectivity index is 2.11. The van der Waals surface area contributed by atoms with Crippen LogP contribution in [0.4, 0.5) is 10.5 Å². The molecule has 1 aliphatic heterocycles. The Hall–Kier alpha value is -2.88. The summed E-state index contributed by atoms with van der Waals surface area (Å²) in [5.41, 5.74) is 2.93. The minimum absolute atomic E-state index is 0.0514. The number of nitrogens with zero attached hydrogens (tertiary/aromatic N) is 4. The largest absolute Gasteiger partial charge is 0.371 e. The van der Waals surface area contributed by atoms with Crippen molar-refractivity contribution < 1.29 is 9.59 Å². The van der Waals surface area contributed by atoms with Gasteiger partial charge >= 0.3 is 6.03 Å². The molecule has 3 amide bonds. The molecule has 1 aromatic rings. The van der Waals surface area contributed by atoms with Crippen LogP contribution < -0.4 is 10.2 Å². The fourth-order valence-corrected chi connectivity index (χ4v) is 2.31. The van der Waals surface area contributed by atoms with Crippen molar-refractivity contribution in [2.24, 2.45) is 5.10 Å². The molecule has 0 saturated carbocycles. The summed E-state index contributed by atoms with van der Waals surface area (Å²) in [6.45, 7) is 5.47. The summed E-state index contributed by atoms with van der Waals surface area (Å²) in [7, 11) is 0.